The normalized spacial score (nSPS) is 12.2. The maximum absolute atomic E-state index is 10.9. The van der Waals surface area contributed by atoms with Crippen molar-refractivity contribution in [1.82, 2.24) is 10.6 Å². The van der Waals surface area contributed by atoms with Crippen LogP contribution in [-0.2, 0) is 4.79 Å². The van der Waals surface area contributed by atoms with Gasteiger partial charge < -0.3 is 11.1 Å². The highest BCUT2D eigenvalue weighted by atomic mass is 32.2. The van der Waals surface area contributed by atoms with Crippen LogP contribution in [0, 0.1) is 0 Å². The van der Waals surface area contributed by atoms with E-state index in [0.717, 1.165) is 5.75 Å². The molecular formula is C7H15N3O2S. The van der Waals surface area contributed by atoms with Crippen molar-refractivity contribution in [3.05, 3.63) is 0 Å². The zero-order valence-electron chi connectivity index (χ0n) is 7.79. The zero-order valence-corrected chi connectivity index (χ0v) is 8.61. The summed E-state index contributed by atoms with van der Waals surface area (Å²) >= 11 is 1.69. The SMILES string of the molecule is CSCC(C)NCC(=O)NC(N)=O. The van der Waals surface area contributed by atoms with E-state index in [1.807, 2.05) is 18.5 Å². The lowest BCUT2D eigenvalue weighted by molar-refractivity contribution is -0.119. The number of rotatable bonds is 5. The molecule has 0 aliphatic heterocycles. The van der Waals surface area contributed by atoms with Crippen LogP contribution in [0.5, 0.6) is 0 Å². The molecule has 6 heteroatoms. The van der Waals surface area contributed by atoms with E-state index in [0.29, 0.717) is 0 Å². The van der Waals surface area contributed by atoms with Gasteiger partial charge in [-0.2, -0.15) is 11.8 Å². The Bertz CT molecular complexity index is 187. The van der Waals surface area contributed by atoms with Gasteiger partial charge in [-0.25, -0.2) is 4.79 Å². The quantitative estimate of drug-likeness (QED) is 0.566. The summed E-state index contributed by atoms with van der Waals surface area (Å²) in [6.07, 6.45) is 1.99. The Labute approximate surface area is 81.8 Å². The topological polar surface area (TPSA) is 84.2 Å². The van der Waals surface area contributed by atoms with E-state index < -0.39 is 11.9 Å². The first kappa shape index (κ1) is 12.2. The molecule has 0 aliphatic carbocycles. The van der Waals surface area contributed by atoms with E-state index in [1.165, 1.54) is 0 Å². The van der Waals surface area contributed by atoms with Gasteiger partial charge in [-0.1, -0.05) is 0 Å². The van der Waals surface area contributed by atoms with Crippen molar-refractivity contribution in [3.63, 3.8) is 0 Å². The van der Waals surface area contributed by atoms with Gasteiger partial charge in [0.05, 0.1) is 6.54 Å². The zero-order chi connectivity index (χ0) is 10.3. The second-order valence-electron chi connectivity index (χ2n) is 2.65. The number of carbonyl (C=O) groups is 2. The van der Waals surface area contributed by atoms with Crippen molar-refractivity contribution in [2.75, 3.05) is 18.6 Å². The monoisotopic (exact) mass is 205 g/mol. The van der Waals surface area contributed by atoms with Gasteiger partial charge in [0.25, 0.3) is 0 Å². The van der Waals surface area contributed by atoms with Gasteiger partial charge in [0.1, 0.15) is 0 Å². The van der Waals surface area contributed by atoms with E-state index in [-0.39, 0.29) is 12.6 Å². The molecule has 0 heterocycles. The number of primary amides is 1. The molecule has 1 atom stereocenters. The lowest BCUT2D eigenvalue weighted by Gasteiger charge is -2.10. The maximum atomic E-state index is 10.9. The van der Waals surface area contributed by atoms with Crippen LogP contribution < -0.4 is 16.4 Å². The third kappa shape index (κ3) is 7.61. The summed E-state index contributed by atoms with van der Waals surface area (Å²) in [6, 6.07) is -0.571. The van der Waals surface area contributed by atoms with E-state index >= 15 is 0 Å². The number of nitrogens with two attached hydrogens (primary N) is 1. The highest BCUT2D eigenvalue weighted by Gasteiger charge is 2.05. The van der Waals surface area contributed by atoms with Crippen LogP contribution in [0.2, 0.25) is 0 Å². The van der Waals surface area contributed by atoms with Crippen molar-refractivity contribution in [2.45, 2.75) is 13.0 Å². The summed E-state index contributed by atoms with van der Waals surface area (Å²) in [5.41, 5.74) is 4.76. The Hall–Kier alpha value is -0.750. The minimum atomic E-state index is -0.815. The fourth-order valence-corrected chi connectivity index (χ4v) is 1.38. The summed E-state index contributed by atoms with van der Waals surface area (Å²) < 4.78 is 0. The summed E-state index contributed by atoms with van der Waals surface area (Å²) in [6.45, 7) is 2.08. The molecule has 0 aromatic rings. The number of thioether (sulfide) groups is 1. The van der Waals surface area contributed by atoms with Gasteiger partial charge in [-0.15, -0.1) is 0 Å². The fourth-order valence-electron chi connectivity index (χ4n) is 0.757. The third-order valence-electron chi connectivity index (χ3n) is 1.29. The summed E-state index contributed by atoms with van der Waals surface area (Å²) in [7, 11) is 0. The molecule has 1 unspecified atom stereocenters. The summed E-state index contributed by atoms with van der Waals surface area (Å²) in [5, 5.41) is 4.92. The molecule has 0 saturated heterocycles. The molecule has 0 aliphatic rings. The second kappa shape index (κ2) is 6.73. The predicted molar refractivity (Wildman–Crippen MR) is 53.6 cm³/mol. The van der Waals surface area contributed by atoms with Gasteiger partial charge in [-0.05, 0) is 13.2 Å². The van der Waals surface area contributed by atoms with E-state index in [1.54, 1.807) is 11.8 Å². The van der Waals surface area contributed by atoms with Crippen LogP contribution in [0.4, 0.5) is 4.79 Å². The lowest BCUT2D eigenvalue weighted by atomic mass is 10.4. The minimum absolute atomic E-state index is 0.116. The number of carbonyl (C=O) groups excluding carboxylic acids is 2. The molecule has 0 rings (SSSR count). The highest BCUT2D eigenvalue weighted by molar-refractivity contribution is 7.98. The largest absolute Gasteiger partial charge is 0.351 e. The van der Waals surface area contributed by atoms with Gasteiger partial charge in [0, 0.05) is 11.8 Å². The molecule has 3 amide bonds. The van der Waals surface area contributed by atoms with Crippen molar-refractivity contribution in [3.8, 4) is 0 Å². The predicted octanol–water partition coefficient (Wildman–Crippen LogP) is -0.478. The molecule has 76 valence electrons. The molecule has 0 radical (unpaired) electrons. The number of imide groups is 1. The number of amides is 3. The number of urea groups is 1. The average Bonchev–Trinajstić information content (AvgIpc) is 2.00. The van der Waals surface area contributed by atoms with Crippen molar-refractivity contribution >= 4 is 23.7 Å². The highest BCUT2D eigenvalue weighted by Crippen LogP contribution is 1.94. The molecule has 0 aromatic heterocycles. The van der Waals surface area contributed by atoms with Crippen molar-refractivity contribution < 1.29 is 9.59 Å². The van der Waals surface area contributed by atoms with Crippen LogP contribution >= 0.6 is 11.8 Å². The lowest BCUT2D eigenvalue weighted by Crippen LogP contribution is -2.43. The van der Waals surface area contributed by atoms with Gasteiger partial charge >= 0.3 is 6.03 Å². The molecule has 13 heavy (non-hydrogen) atoms. The van der Waals surface area contributed by atoms with Gasteiger partial charge in [0.15, 0.2) is 0 Å². The third-order valence-corrected chi connectivity index (χ3v) is 2.12. The van der Waals surface area contributed by atoms with Crippen molar-refractivity contribution in [2.24, 2.45) is 5.73 Å². The van der Waals surface area contributed by atoms with Crippen LogP contribution in [0.15, 0.2) is 0 Å². The van der Waals surface area contributed by atoms with E-state index in [4.69, 9.17) is 5.73 Å². The maximum Gasteiger partial charge on any atom is 0.318 e. The first-order valence-electron chi connectivity index (χ1n) is 3.88. The number of nitrogens with one attached hydrogen (secondary N) is 2. The van der Waals surface area contributed by atoms with Crippen molar-refractivity contribution in [1.29, 1.82) is 0 Å². The molecule has 0 fully saturated rings. The smallest absolute Gasteiger partial charge is 0.318 e. The second-order valence-corrected chi connectivity index (χ2v) is 3.56. The standard InChI is InChI=1S/C7H15N3O2S/c1-5(4-13-2)9-3-6(11)10-7(8)12/h5,9H,3-4H2,1-2H3,(H3,8,10,11,12). The average molecular weight is 205 g/mol. The Morgan fingerprint density at radius 3 is 2.62 bits per heavy atom. The molecule has 0 saturated carbocycles. The van der Waals surface area contributed by atoms with E-state index in [9.17, 15) is 9.59 Å². The molecule has 0 spiro atoms. The fraction of sp³-hybridized carbons (Fsp3) is 0.714. The summed E-state index contributed by atoms with van der Waals surface area (Å²) in [5.74, 6) is 0.518. The Morgan fingerprint density at radius 1 is 1.54 bits per heavy atom. The molecular weight excluding hydrogens is 190 g/mol. The van der Waals surface area contributed by atoms with Crippen LogP contribution in [0.3, 0.4) is 0 Å². The van der Waals surface area contributed by atoms with Crippen LogP contribution in [0.1, 0.15) is 6.92 Å². The molecule has 0 bridgehead atoms. The molecule has 4 N–H and O–H groups in total. The first-order chi connectivity index (χ1) is 6.06. The van der Waals surface area contributed by atoms with Crippen LogP contribution in [0.25, 0.3) is 0 Å². The van der Waals surface area contributed by atoms with E-state index in [2.05, 4.69) is 5.32 Å². The van der Waals surface area contributed by atoms with Crippen LogP contribution in [-0.4, -0.2) is 36.5 Å². The minimum Gasteiger partial charge on any atom is -0.351 e. The molecule has 0 aromatic carbocycles. The summed E-state index contributed by atoms with van der Waals surface area (Å²) in [4.78, 5) is 21.1. The van der Waals surface area contributed by atoms with Gasteiger partial charge in [0.2, 0.25) is 5.91 Å². The Kier molecular flexibility index (Phi) is 6.34. The van der Waals surface area contributed by atoms with Gasteiger partial charge in [-0.3, -0.25) is 10.1 Å². The molecule has 5 nitrogen and oxygen atoms in total. The Balaban J connectivity index is 3.51. The number of hydrogen-bond donors (Lipinski definition) is 3. The first-order valence-corrected chi connectivity index (χ1v) is 5.27. The Morgan fingerprint density at radius 2 is 2.15 bits per heavy atom. The number of hydrogen-bond acceptors (Lipinski definition) is 4.